The van der Waals surface area contributed by atoms with Crippen LogP contribution in [0.2, 0.25) is 0 Å². The van der Waals surface area contributed by atoms with Crippen molar-refractivity contribution in [3.63, 3.8) is 0 Å². The summed E-state index contributed by atoms with van der Waals surface area (Å²) in [5.74, 6) is 0.275. The van der Waals surface area contributed by atoms with Crippen LogP contribution in [0.4, 0.5) is 18.9 Å². The van der Waals surface area contributed by atoms with Crippen LogP contribution in [0.25, 0.3) is 0 Å². The molecule has 1 aliphatic heterocycles. The lowest BCUT2D eigenvalue weighted by atomic mass is 10.1. The predicted molar refractivity (Wildman–Crippen MR) is 68.7 cm³/mol. The van der Waals surface area contributed by atoms with Gasteiger partial charge in [0.2, 0.25) is 0 Å². The number of hydrogen-bond donors (Lipinski definition) is 0. The highest BCUT2D eigenvalue weighted by molar-refractivity contribution is 6.18. The number of rotatable bonds is 2. The number of anilines is 1. The Bertz CT molecular complexity index is 438. The summed E-state index contributed by atoms with van der Waals surface area (Å²) < 4.78 is 44.5. The number of nitrogens with zero attached hydrogens (tertiary/aromatic N) is 1. The maximum atomic E-state index is 13.0. The van der Waals surface area contributed by atoms with E-state index >= 15 is 0 Å². The fourth-order valence-electron chi connectivity index (χ4n) is 2.21. The van der Waals surface area contributed by atoms with Gasteiger partial charge in [0, 0.05) is 18.3 Å². The molecule has 1 aliphatic rings. The van der Waals surface area contributed by atoms with Crippen LogP contribution in [0.5, 0.6) is 0 Å². The zero-order valence-electron chi connectivity index (χ0n) is 10.5. The highest BCUT2D eigenvalue weighted by Gasteiger charge is 2.36. The lowest BCUT2D eigenvalue weighted by molar-refractivity contribution is -0.137. The second kappa shape index (κ2) is 5.59. The Morgan fingerprint density at radius 3 is 2.68 bits per heavy atom. The largest absolute Gasteiger partial charge is 0.418 e. The van der Waals surface area contributed by atoms with E-state index in [1.807, 2.05) is 6.92 Å². The van der Waals surface area contributed by atoms with Gasteiger partial charge in [-0.05, 0) is 19.1 Å². The number of alkyl halides is 4. The van der Waals surface area contributed by atoms with Gasteiger partial charge >= 0.3 is 6.18 Å². The molecule has 19 heavy (non-hydrogen) atoms. The lowest BCUT2D eigenvalue weighted by Crippen LogP contribution is -2.49. The van der Waals surface area contributed by atoms with E-state index in [4.69, 9.17) is 16.3 Å². The summed E-state index contributed by atoms with van der Waals surface area (Å²) in [7, 11) is 0. The minimum Gasteiger partial charge on any atom is -0.373 e. The summed E-state index contributed by atoms with van der Waals surface area (Å²) in [5.41, 5.74) is -0.419. The maximum absolute atomic E-state index is 13.0. The van der Waals surface area contributed by atoms with Crippen LogP contribution in [-0.4, -0.2) is 31.2 Å². The zero-order chi connectivity index (χ0) is 14.0. The molecule has 1 heterocycles. The Morgan fingerprint density at radius 2 is 2.05 bits per heavy atom. The SMILES string of the molecule is CC1COC(CCl)CN1c1ccccc1C(F)(F)F. The van der Waals surface area contributed by atoms with Crippen molar-refractivity contribution in [2.24, 2.45) is 0 Å². The molecule has 0 saturated carbocycles. The molecule has 0 aromatic heterocycles. The first-order valence-electron chi connectivity index (χ1n) is 6.04. The van der Waals surface area contributed by atoms with E-state index in [0.717, 1.165) is 6.07 Å². The molecule has 2 atom stereocenters. The fourth-order valence-corrected chi connectivity index (χ4v) is 2.40. The van der Waals surface area contributed by atoms with Crippen molar-refractivity contribution in [1.29, 1.82) is 0 Å². The van der Waals surface area contributed by atoms with Gasteiger partial charge in [0.15, 0.2) is 0 Å². The molecule has 2 nitrogen and oxygen atoms in total. The first kappa shape index (κ1) is 14.5. The number of hydrogen-bond acceptors (Lipinski definition) is 2. The van der Waals surface area contributed by atoms with E-state index < -0.39 is 11.7 Å². The van der Waals surface area contributed by atoms with E-state index in [1.165, 1.54) is 12.1 Å². The second-order valence-corrected chi connectivity index (χ2v) is 4.93. The van der Waals surface area contributed by atoms with Gasteiger partial charge in [0.25, 0.3) is 0 Å². The normalized spacial score (nSPS) is 24.6. The van der Waals surface area contributed by atoms with Crippen LogP contribution in [-0.2, 0) is 10.9 Å². The summed E-state index contributed by atoms with van der Waals surface area (Å²) >= 11 is 5.74. The van der Waals surface area contributed by atoms with Crippen LogP contribution >= 0.6 is 11.6 Å². The van der Waals surface area contributed by atoms with Crippen LogP contribution in [0.15, 0.2) is 24.3 Å². The Labute approximate surface area is 115 Å². The predicted octanol–water partition coefficient (Wildman–Crippen LogP) is 3.54. The van der Waals surface area contributed by atoms with Gasteiger partial charge in [-0.2, -0.15) is 13.2 Å². The molecular formula is C13H15ClF3NO. The summed E-state index contributed by atoms with van der Waals surface area (Å²) in [4.78, 5) is 1.72. The van der Waals surface area contributed by atoms with Crippen LogP contribution < -0.4 is 4.90 Å². The van der Waals surface area contributed by atoms with E-state index in [-0.39, 0.29) is 23.7 Å². The highest BCUT2D eigenvalue weighted by Crippen LogP contribution is 2.37. The highest BCUT2D eigenvalue weighted by atomic mass is 35.5. The number of halogens is 4. The number of benzene rings is 1. The average molecular weight is 294 g/mol. The summed E-state index contributed by atoms with van der Waals surface area (Å²) in [5, 5.41) is 0. The van der Waals surface area contributed by atoms with Crippen LogP contribution in [0.3, 0.4) is 0 Å². The monoisotopic (exact) mass is 293 g/mol. The van der Waals surface area contributed by atoms with Crippen molar-refractivity contribution in [3.8, 4) is 0 Å². The first-order chi connectivity index (χ1) is 8.93. The third-order valence-electron chi connectivity index (χ3n) is 3.20. The molecule has 106 valence electrons. The van der Waals surface area contributed by atoms with Crippen molar-refractivity contribution < 1.29 is 17.9 Å². The summed E-state index contributed by atoms with van der Waals surface area (Å²) in [6, 6.07) is 5.50. The molecule has 0 spiro atoms. The maximum Gasteiger partial charge on any atom is 0.418 e. The molecule has 2 rings (SSSR count). The van der Waals surface area contributed by atoms with E-state index in [9.17, 15) is 13.2 Å². The fraction of sp³-hybridized carbons (Fsp3) is 0.538. The molecule has 1 fully saturated rings. The zero-order valence-corrected chi connectivity index (χ0v) is 11.2. The minimum atomic E-state index is -4.36. The number of ether oxygens (including phenoxy) is 1. The molecule has 1 aromatic carbocycles. The molecule has 0 bridgehead atoms. The molecule has 0 aliphatic carbocycles. The third kappa shape index (κ3) is 3.15. The molecular weight excluding hydrogens is 279 g/mol. The van der Waals surface area contributed by atoms with Crippen LogP contribution in [0, 0.1) is 0 Å². The Morgan fingerprint density at radius 1 is 1.37 bits per heavy atom. The van der Waals surface area contributed by atoms with E-state index in [2.05, 4.69) is 0 Å². The van der Waals surface area contributed by atoms with E-state index in [0.29, 0.717) is 13.2 Å². The quantitative estimate of drug-likeness (QED) is 0.773. The minimum absolute atomic E-state index is 0.108. The summed E-state index contributed by atoms with van der Waals surface area (Å²) in [6.45, 7) is 2.60. The molecule has 1 aromatic rings. The van der Waals surface area contributed by atoms with Crippen molar-refractivity contribution >= 4 is 17.3 Å². The number of para-hydroxylation sites is 1. The Kier molecular flexibility index (Phi) is 4.26. The first-order valence-corrected chi connectivity index (χ1v) is 6.57. The van der Waals surface area contributed by atoms with Gasteiger partial charge < -0.3 is 9.64 Å². The molecule has 1 saturated heterocycles. The van der Waals surface area contributed by atoms with Gasteiger partial charge in [-0.3, -0.25) is 0 Å². The van der Waals surface area contributed by atoms with Crippen molar-refractivity contribution in [2.75, 3.05) is 23.9 Å². The Hall–Kier alpha value is -0.940. The van der Waals surface area contributed by atoms with Gasteiger partial charge in [-0.25, -0.2) is 0 Å². The third-order valence-corrected chi connectivity index (χ3v) is 3.54. The summed E-state index contributed by atoms with van der Waals surface area (Å²) in [6.07, 6.45) is -4.59. The topological polar surface area (TPSA) is 12.5 Å². The molecule has 0 radical (unpaired) electrons. The van der Waals surface area contributed by atoms with Gasteiger partial charge in [0.1, 0.15) is 0 Å². The van der Waals surface area contributed by atoms with Crippen molar-refractivity contribution in [3.05, 3.63) is 29.8 Å². The standard InChI is InChI=1S/C13H15ClF3NO/c1-9-8-19-10(6-14)7-18(9)12-5-3-2-4-11(12)13(15,16)17/h2-5,9-10H,6-8H2,1H3. The number of morpholine rings is 1. The van der Waals surface area contributed by atoms with Crippen molar-refractivity contribution in [1.82, 2.24) is 0 Å². The molecule has 6 heteroatoms. The van der Waals surface area contributed by atoms with Gasteiger partial charge in [-0.1, -0.05) is 12.1 Å². The van der Waals surface area contributed by atoms with Gasteiger partial charge in [0.05, 0.1) is 24.2 Å². The van der Waals surface area contributed by atoms with Crippen molar-refractivity contribution in [2.45, 2.75) is 25.2 Å². The van der Waals surface area contributed by atoms with E-state index in [1.54, 1.807) is 11.0 Å². The smallest absolute Gasteiger partial charge is 0.373 e. The molecule has 2 unspecified atom stereocenters. The van der Waals surface area contributed by atoms with Gasteiger partial charge in [-0.15, -0.1) is 11.6 Å². The van der Waals surface area contributed by atoms with Crippen LogP contribution in [0.1, 0.15) is 12.5 Å². The molecule has 0 N–H and O–H groups in total. The lowest BCUT2D eigenvalue weighted by Gasteiger charge is -2.40. The Balaban J connectivity index is 2.35. The molecule has 0 amide bonds. The average Bonchev–Trinajstić information content (AvgIpc) is 2.38. The second-order valence-electron chi connectivity index (χ2n) is 4.63.